The van der Waals surface area contributed by atoms with E-state index in [1.165, 1.54) is 0 Å². The van der Waals surface area contributed by atoms with Crippen molar-refractivity contribution in [3.05, 3.63) is 40.3 Å². The molecule has 72 valence electrons. The Bertz CT molecular complexity index is 413. The van der Waals surface area contributed by atoms with Crippen LogP contribution in [0.25, 0.3) is 0 Å². The lowest BCUT2D eigenvalue weighted by molar-refractivity contribution is 1.17. The third kappa shape index (κ3) is 1.96. The highest BCUT2D eigenvalue weighted by atomic mass is 79.9. The second-order valence-electron chi connectivity index (χ2n) is 2.84. The minimum absolute atomic E-state index is 0.989. The first-order chi connectivity index (χ1) is 6.77. The second kappa shape index (κ2) is 4.11. The molecular weight excluding hydrogens is 260 g/mol. The number of halogens is 1. The molecule has 0 N–H and O–H groups in total. The molecule has 0 unspecified atom stereocenters. The van der Waals surface area contributed by atoms with Gasteiger partial charge in [0, 0.05) is 12.7 Å². The van der Waals surface area contributed by atoms with Crippen molar-refractivity contribution in [1.29, 1.82) is 0 Å². The van der Waals surface area contributed by atoms with E-state index in [4.69, 9.17) is 0 Å². The van der Waals surface area contributed by atoms with Crippen LogP contribution in [0.3, 0.4) is 0 Å². The summed E-state index contributed by atoms with van der Waals surface area (Å²) in [6.45, 7) is 0. The van der Waals surface area contributed by atoms with E-state index in [0.29, 0.717) is 0 Å². The first-order valence-corrected chi connectivity index (χ1v) is 5.78. The normalized spacial score (nSPS) is 10.1. The molecule has 0 saturated carbocycles. The summed E-state index contributed by atoms with van der Waals surface area (Å²) in [5.74, 6) is 0. The van der Waals surface area contributed by atoms with E-state index in [-0.39, 0.29) is 0 Å². The summed E-state index contributed by atoms with van der Waals surface area (Å²) < 4.78 is 1.05. The van der Waals surface area contributed by atoms with Gasteiger partial charge >= 0.3 is 0 Å². The zero-order chi connectivity index (χ0) is 9.97. The number of anilines is 2. The van der Waals surface area contributed by atoms with Crippen molar-refractivity contribution >= 4 is 38.1 Å². The second-order valence-corrected chi connectivity index (χ2v) is 5.23. The maximum Gasteiger partial charge on any atom is 0.190 e. The van der Waals surface area contributed by atoms with Crippen molar-refractivity contribution in [2.75, 3.05) is 11.9 Å². The molecule has 0 aliphatic heterocycles. The quantitative estimate of drug-likeness (QED) is 0.826. The van der Waals surface area contributed by atoms with Gasteiger partial charge in [-0.3, -0.25) is 0 Å². The van der Waals surface area contributed by atoms with Crippen molar-refractivity contribution in [1.82, 2.24) is 4.98 Å². The molecule has 2 nitrogen and oxygen atoms in total. The molecule has 2 rings (SSSR count). The van der Waals surface area contributed by atoms with Crippen LogP contribution in [-0.4, -0.2) is 12.0 Å². The van der Waals surface area contributed by atoms with Crippen molar-refractivity contribution in [3.63, 3.8) is 0 Å². The van der Waals surface area contributed by atoms with Crippen molar-refractivity contribution < 1.29 is 0 Å². The first kappa shape index (κ1) is 9.68. The molecule has 0 saturated heterocycles. The molecule has 0 aliphatic carbocycles. The highest BCUT2D eigenvalue weighted by Gasteiger charge is 2.06. The van der Waals surface area contributed by atoms with Crippen molar-refractivity contribution in [2.45, 2.75) is 0 Å². The summed E-state index contributed by atoms with van der Waals surface area (Å²) in [6.07, 6.45) is 1.82. The molecule has 0 bridgehead atoms. The van der Waals surface area contributed by atoms with Gasteiger partial charge in [0.05, 0.1) is 9.98 Å². The van der Waals surface area contributed by atoms with E-state index < -0.39 is 0 Å². The Morgan fingerprint density at radius 3 is 2.57 bits per heavy atom. The third-order valence-electron chi connectivity index (χ3n) is 1.90. The Morgan fingerprint density at radius 2 is 2.00 bits per heavy atom. The Morgan fingerprint density at radius 1 is 1.29 bits per heavy atom. The van der Waals surface area contributed by atoms with E-state index in [1.54, 1.807) is 11.3 Å². The van der Waals surface area contributed by atoms with Gasteiger partial charge in [-0.05, 0) is 28.1 Å². The average molecular weight is 269 g/mol. The zero-order valence-corrected chi connectivity index (χ0v) is 10.0. The van der Waals surface area contributed by atoms with Crippen LogP contribution in [0.15, 0.2) is 40.3 Å². The number of rotatable bonds is 2. The van der Waals surface area contributed by atoms with E-state index in [1.807, 2.05) is 31.4 Å². The fourth-order valence-electron chi connectivity index (χ4n) is 1.16. The number of benzene rings is 1. The largest absolute Gasteiger partial charge is 0.321 e. The van der Waals surface area contributed by atoms with Gasteiger partial charge in [0.1, 0.15) is 0 Å². The molecule has 14 heavy (non-hydrogen) atoms. The highest BCUT2D eigenvalue weighted by molar-refractivity contribution is 9.11. The lowest BCUT2D eigenvalue weighted by atomic mass is 10.3. The van der Waals surface area contributed by atoms with E-state index >= 15 is 0 Å². The number of para-hydroxylation sites is 1. The molecule has 1 aromatic heterocycles. The number of hydrogen-bond acceptors (Lipinski definition) is 3. The van der Waals surface area contributed by atoms with Crippen LogP contribution >= 0.6 is 27.3 Å². The summed E-state index contributed by atoms with van der Waals surface area (Å²) in [7, 11) is 2.01. The van der Waals surface area contributed by atoms with Crippen molar-refractivity contribution in [3.8, 4) is 0 Å². The fraction of sp³-hybridized carbons (Fsp3) is 0.100. The molecule has 0 radical (unpaired) electrons. The Hall–Kier alpha value is -0.870. The molecule has 1 heterocycles. The Balaban J connectivity index is 2.29. The summed E-state index contributed by atoms with van der Waals surface area (Å²) in [5.41, 5.74) is 1.15. The lowest BCUT2D eigenvalue weighted by Gasteiger charge is -2.14. The van der Waals surface area contributed by atoms with E-state index in [2.05, 4.69) is 37.9 Å². The van der Waals surface area contributed by atoms with Gasteiger partial charge in [0.25, 0.3) is 0 Å². The smallest absolute Gasteiger partial charge is 0.190 e. The van der Waals surface area contributed by atoms with Crippen molar-refractivity contribution in [2.24, 2.45) is 0 Å². The van der Waals surface area contributed by atoms with Crippen LogP contribution < -0.4 is 4.90 Å². The first-order valence-electron chi connectivity index (χ1n) is 4.17. The van der Waals surface area contributed by atoms with E-state index in [9.17, 15) is 0 Å². The molecule has 0 atom stereocenters. The predicted octanol–water partition coefficient (Wildman–Crippen LogP) is 3.67. The van der Waals surface area contributed by atoms with Gasteiger partial charge < -0.3 is 4.90 Å². The molecule has 4 heteroatoms. The maximum absolute atomic E-state index is 4.29. The predicted molar refractivity (Wildman–Crippen MR) is 64.3 cm³/mol. The van der Waals surface area contributed by atoms with Gasteiger partial charge in [-0.2, -0.15) is 0 Å². The number of aromatic nitrogens is 1. The molecule has 0 amide bonds. The number of thiazole rings is 1. The van der Waals surface area contributed by atoms with Crippen LogP contribution in [0.1, 0.15) is 0 Å². The summed E-state index contributed by atoms with van der Waals surface area (Å²) in [6, 6.07) is 10.2. The minimum atomic E-state index is 0.989. The molecule has 1 aromatic carbocycles. The monoisotopic (exact) mass is 268 g/mol. The standard InChI is InChI=1S/C10H9BrN2S/c1-13(8-5-3-2-4-6-8)10-12-7-9(11)14-10/h2-7H,1H3. The Kier molecular flexibility index (Phi) is 2.84. The fourth-order valence-corrected chi connectivity index (χ4v) is 2.33. The van der Waals surface area contributed by atoms with Gasteiger partial charge in [-0.1, -0.05) is 29.5 Å². The van der Waals surface area contributed by atoms with Gasteiger partial charge in [-0.25, -0.2) is 4.98 Å². The van der Waals surface area contributed by atoms with Crippen LogP contribution in [0.4, 0.5) is 10.8 Å². The van der Waals surface area contributed by atoms with Crippen LogP contribution in [0, 0.1) is 0 Å². The average Bonchev–Trinajstić information content (AvgIpc) is 2.65. The van der Waals surface area contributed by atoms with E-state index in [0.717, 1.165) is 14.6 Å². The SMILES string of the molecule is CN(c1ccccc1)c1ncc(Br)s1. The molecule has 0 fully saturated rings. The maximum atomic E-state index is 4.29. The van der Waals surface area contributed by atoms with Crippen LogP contribution in [0.2, 0.25) is 0 Å². The highest BCUT2D eigenvalue weighted by Crippen LogP contribution is 2.30. The molecular formula is C10H9BrN2S. The lowest BCUT2D eigenvalue weighted by Crippen LogP contribution is -2.08. The summed E-state index contributed by atoms with van der Waals surface area (Å²) >= 11 is 5.02. The topological polar surface area (TPSA) is 16.1 Å². The van der Waals surface area contributed by atoms with Crippen LogP contribution in [0.5, 0.6) is 0 Å². The summed E-state index contributed by atoms with van der Waals surface area (Å²) in [4.78, 5) is 6.35. The number of nitrogens with zero attached hydrogens (tertiary/aromatic N) is 2. The zero-order valence-electron chi connectivity index (χ0n) is 7.64. The summed E-state index contributed by atoms with van der Waals surface area (Å²) in [5, 5.41) is 0.989. The molecule has 0 aliphatic rings. The van der Waals surface area contributed by atoms with Gasteiger partial charge in [0.15, 0.2) is 5.13 Å². The third-order valence-corrected chi connectivity index (χ3v) is 3.45. The van der Waals surface area contributed by atoms with Gasteiger partial charge in [0.2, 0.25) is 0 Å². The molecule has 0 spiro atoms. The number of hydrogen-bond donors (Lipinski definition) is 0. The molecule has 2 aromatic rings. The van der Waals surface area contributed by atoms with Gasteiger partial charge in [-0.15, -0.1) is 0 Å². The Labute approximate surface area is 95.3 Å². The minimum Gasteiger partial charge on any atom is -0.321 e. The van der Waals surface area contributed by atoms with Crippen LogP contribution in [-0.2, 0) is 0 Å².